The van der Waals surface area contributed by atoms with E-state index in [2.05, 4.69) is 17.3 Å². The summed E-state index contributed by atoms with van der Waals surface area (Å²) in [6, 6.07) is 0. The van der Waals surface area contributed by atoms with E-state index in [4.69, 9.17) is 4.74 Å². The fourth-order valence-electron chi connectivity index (χ4n) is 1.45. The first-order valence-electron chi connectivity index (χ1n) is 6.06. The predicted octanol–water partition coefficient (Wildman–Crippen LogP) is 1.49. The quantitative estimate of drug-likeness (QED) is 0.733. The van der Waals surface area contributed by atoms with Gasteiger partial charge in [0, 0.05) is 13.6 Å². The first-order valence-corrected chi connectivity index (χ1v) is 6.06. The van der Waals surface area contributed by atoms with Crippen molar-refractivity contribution < 1.29 is 9.53 Å². The van der Waals surface area contributed by atoms with Crippen LogP contribution in [0.3, 0.4) is 0 Å². The van der Waals surface area contributed by atoms with E-state index < -0.39 is 6.10 Å². The van der Waals surface area contributed by atoms with Crippen molar-refractivity contribution in [2.24, 2.45) is 7.05 Å². The van der Waals surface area contributed by atoms with Crippen LogP contribution in [0, 0.1) is 0 Å². The second-order valence-electron chi connectivity index (χ2n) is 4.11. The van der Waals surface area contributed by atoms with Crippen molar-refractivity contribution in [1.29, 1.82) is 0 Å². The zero-order chi connectivity index (χ0) is 12.7. The van der Waals surface area contributed by atoms with E-state index >= 15 is 0 Å². The lowest BCUT2D eigenvalue weighted by molar-refractivity contribution is -0.127. The standard InChI is InChI=1S/C12H21N3O2/c1-4-5-6-7-13-12(16)10(2)17-11-8-14-15(3)9-11/h8-10H,4-7H2,1-3H3,(H,13,16). The number of nitrogens with zero attached hydrogens (tertiary/aromatic N) is 2. The van der Waals surface area contributed by atoms with Gasteiger partial charge in [0.1, 0.15) is 0 Å². The third-order valence-corrected chi connectivity index (χ3v) is 2.44. The van der Waals surface area contributed by atoms with E-state index in [0.29, 0.717) is 12.3 Å². The molecule has 0 aliphatic rings. The van der Waals surface area contributed by atoms with Gasteiger partial charge in [0.25, 0.3) is 5.91 Å². The highest BCUT2D eigenvalue weighted by molar-refractivity contribution is 5.80. The normalized spacial score (nSPS) is 12.2. The number of carbonyl (C=O) groups is 1. The minimum absolute atomic E-state index is 0.0787. The number of amides is 1. The topological polar surface area (TPSA) is 56.1 Å². The summed E-state index contributed by atoms with van der Waals surface area (Å²) in [6.07, 6.45) is 6.15. The molecule has 0 saturated carbocycles. The van der Waals surface area contributed by atoms with Crippen molar-refractivity contribution in [3.63, 3.8) is 0 Å². The molecule has 1 atom stereocenters. The molecule has 0 saturated heterocycles. The average molecular weight is 239 g/mol. The molecule has 5 nitrogen and oxygen atoms in total. The SMILES string of the molecule is CCCCCNC(=O)C(C)Oc1cnn(C)c1. The Bertz CT molecular complexity index is 349. The molecule has 0 spiro atoms. The van der Waals surface area contributed by atoms with Gasteiger partial charge < -0.3 is 10.1 Å². The highest BCUT2D eigenvalue weighted by Crippen LogP contribution is 2.09. The average Bonchev–Trinajstić information content (AvgIpc) is 2.70. The largest absolute Gasteiger partial charge is 0.478 e. The minimum atomic E-state index is -0.485. The van der Waals surface area contributed by atoms with Crippen LogP contribution in [0.15, 0.2) is 12.4 Å². The zero-order valence-corrected chi connectivity index (χ0v) is 10.8. The maximum atomic E-state index is 11.7. The smallest absolute Gasteiger partial charge is 0.260 e. The lowest BCUT2D eigenvalue weighted by atomic mass is 10.2. The van der Waals surface area contributed by atoms with Crippen LogP contribution in [-0.4, -0.2) is 28.3 Å². The molecule has 0 aliphatic heterocycles. The van der Waals surface area contributed by atoms with E-state index in [-0.39, 0.29) is 5.91 Å². The van der Waals surface area contributed by atoms with Crippen LogP contribution in [0.25, 0.3) is 0 Å². The van der Waals surface area contributed by atoms with Gasteiger partial charge in [-0.05, 0) is 13.3 Å². The molecule has 17 heavy (non-hydrogen) atoms. The van der Waals surface area contributed by atoms with Gasteiger partial charge in [0.05, 0.1) is 12.4 Å². The third-order valence-electron chi connectivity index (χ3n) is 2.44. The summed E-state index contributed by atoms with van der Waals surface area (Å²) >= 11 is 0. The molecule has 1 aromatic heterocycles. The molecule has 0 radical (unpaired) electrons. The maximum absolute atomic E-state index is 11.7. The molecular weight excluding hydrogens is 218 g/mol. The second-order valence-corrected chi connectivity index (χ2v) is 4.11. The Labute approximate surface area is 102 Å². The summed E-state index contributed by atoms with van der Waals surface area (Å²) in [5.74, 6) is 0.536. The number of hydrogen-bond acceptors (Lipinski definition) is 3. The molecule has 1 heterocycles. The van der Waals surface area contributed by atoms with Gasteiger partial charge in [-0.2, -0.15) is 5.10 Å². The molecule has 1 rings (SSSR count). The highest BCUT2D eigenvalue weighted by Gasteiger charge is 2.14. The highest BCUT2D eigenvalue weighted by atomic mass is 16.5. The Morgan fingerprint density at radius 2 is 2.35 bits per heavy atom. The number of hydrogen-bond donors (Lipinski definition) is 1. The number of rotatable bonds is 7. The van der Waals surface area contributed by atoms with Crippen LogP contribution in [0.5, 0.6) is 5.75 Å². The van der Waals surface area contributed by atoms with Gasteiger partial charge in [0.15, 0.2) is 11.9 Å². The van der Waals surface area contributed by atoms with Crippen molar-refractivity contribution in [3.05, 3.63) is 12.4 Å². The lowest BCUT2D eigenvalue weighted by Crippen LogP contribution is -2.36. The summed E-state index contributed by atoms with van der Waals surface area (Å²) in [7, 11) is 1.81. The first-order chi connectivity index (χ1) is 8.13. The number of aryl methyl sites for hydroxylation is 1. The summed E-state index contributed by atoms with van der Waals surface area (Å²) in [6.45, 7) is 4.59. The number of carbonyl (C=O) groups excluding carboxylic acids is 1. The molecule has 96 valence electrons. The fourth-order valence-corrected chi connectivity index (χ4v) is 1.45. The van der Waals surface area contributed by atoms with Crippen LogP contribution < -0.4 is 10.1 Å². The second kappa shape index (κ2) is 6.93. The molecule has 1 unspecified atom stereocenters. The van der Waals surface area contributed by atoms with Crippen molar-refractivity contribution in [3.8, 4) is 5.75 Å². The Morgan fingerprint density at radius 1 is 1.59 bits per heavy atom. The molecule has 1 N–H and O–H groups in total. The zero-order valence-electron chi connectivity index (χ0n) is 10.8. The van der Waals surface area contributed by atoms with Gasteiger partial charge in [-0.3, -0.25) is 9.48 Å². The Kier molecular flexibility index (Phi) is 5.52. The van der Waals surface area contributed by atoms with E-state index in [1.54, 1.807) is 24.0 Å². The summed E-state index contributed by atoms with van der Waals surface area (Å²) < 4.78 is 7.10. The number of nitrogens with one attached hydrogen (secondary N) is 1. The van der Waals surface area contributed by atoms with Gasteiger partial charge in [-0.25, -0.2) is 0 Å². The van der Waals surface area contributed by atoms with Crippen molar-refractivity contribution >= 4 is 5.91 Å². The van der Waals surface area contributed by atoms with Crippen LogP contribution in [0.2, 0.25) is 0 Å². The Hall–Kier alpha value is -1.52. The summed E-state index contributed by atoms with van der Waals surface area (Å²) in [5, 5.41) is 6.83. The third kappa shape index (κ3) is 4.89. The van der Waals surface area contributed by atoms with E-state index in [9.17, 15) is 4.79 Å². The molecular formula is C12H21N3O2. The molecule has 1 aromatic rings. The van der Waals surface area contributed by atoms with Gasteiger partial charge in [0.2, 0.25) is 0 Å². The number of ether oxygens (including phenoxy) is 1. The van der Waals surface area contributed by atoms with Crippen LogP contribution in [0.1, 0.15) is 33.1 Å². The van der Waals surface area contributed by atoms with Crippen molar-refractivity contribution in [2.75, 3.05) is 6.54 Å². The van der Waals surface area contributed by atoms with Gasteiger partial charge >= 0.3 is 0 Å². The monoisotopic (exact) mass is 239 g/mol. The van der Waals surface area contributed by atoms with Crippen LogP contribution in [-0.2, 0) is 11.8 Å². The Balaban J connectivity index is 2.27. The summed E-state index contributed by atoms with van der Waals surface area (Å²) in [4.78, 5) is 11.7. The van der Waals surface area contributed by atoms with Crippen LogP contribution >= 0.6 is 0 Å². The molecule has 0 aromatic carbocycles. The van der Waals surface area contributed by atoms with Gasteiger partial charge in [-0.15, -0.1) is 0 Å². The number of unbranched alkanes of at least 4 members (excludes halogenated alkanes) is 2. The van der Waals surface area contributed by atoms with Gasteiger partial charge in [-0.1, -0.05) is 19.8 Å². The van der Waals surface area contributed by atoms with E-state index in [1.807, 2.05) is 7.05 Å². The molecule has 5 heteroatoms. The van der Waals surface area contributed by atoms with Crippen molar-refractivity contribution in [2.45, 2.75) is 39.2 Å². The lowest BCUT2D eigenvalue weighted by Gasteiger charge is -2.12. The fraction of sp³-hybridized carbons (Fsp3) is 0.667. The molecule has 0 aliphatic carbocycles. The molecule has 0 fully saturated rings. The summed E-state index contributed by atoms with van der Waals surface area (Å²) in [5.41, 5.74) is 0. The Morgan fingerprint density at radius 3 is 2.94 bits per heavy atom. The number of aromatic nitrogens is 2. The maximum Gasteiger partial charge on any atom is 0.260 e. The van der Waals surface area contributed by atoms with Crippen molar-refractivity contribution in [1.82, 2.24) is 15.1 Å². The molecule has 0 bridgehead atoms. The molecule has 1 amide bonds. The van der Waals surface area contributed by atoms with E-state index in [0.717, 1.165) is 19.3 Å². The van der Waals surface area contributed by atoms with E-state index in [1.165, 1.54) is 0 Å². The van der Waals surface area contributed by atoms with Crippen LogP contribution in [0.4, 0.5) is 0 Å². The predicted molar refractivity (Wildman–Crippen MR) is 65.8 cm³/mol. The first kappa shape index (κ1) is 13.5. The minimum Gasteiger partial charge on any atom is -0.478 e.